The molecule has 3 heteroatoms. The van der Waals surface area contributed by atoms with Crippen LogP contribution in [0, 0.1) is 11.5 Å². The molecule has 0 aliphatic carbocycles. The maximum atomic E-state index is 3.44. The summed E-state index contributed by atoms with van der Waals surface area (Å²) in [6.07, 6.45) is 5.33. The lowest BCUT2D eigenvalue weighted by atomic mass is 10.4. The molecular weight excluding hydrogens is 451 g/mol. The minimum Gasteiger partial charge on any atom is -1.00 e. The third-order valence-electron chi connectivity index (χ3n) is 4.62. The number of rotatable bonds is 5. The Morgan fingerprint density at radius 1 is 0.690 bits per heavy atom. The third kappa shape index (κ3) is 6.03. The van der Waals surface area contributed by atoms with Crippen LogP contribution >= 0.6 is 7.26 Å². The minimum absolute atomic E-state index is 0. The van der Waals surface area contributed by atoms with Crippen LogP contribution in [-0.2, 0) is 0 Å². The summed E-state index contributed by atoms with van der Waals surface area (Å²) >= 11 is 0. The molecule has 0 N–H and O–H groups in total. The van der Waals surface area contributed by atoms with Crippen molar-refractivity contribution in [2.75, 3.05) is 6.16 Å². The fourth-order valence-corrected chi connectivity index (χ4v) is 7.85. The molecule has 0 fully saturated rings. The Morgan fingerprint density at radius 3 is 1.41 bits per heavy atom. The molecular formula is C26H28BrPSi. The number of allylic oxidation sites excluding steroid dienone is 2. The molecule has 148 valence electrons. The van der Waals surface area contributed by atoms with Gasteiger partial charge in [0.15, 0.2) is 0 Å². The van der Waals surface area contributed by atoms with Crippen molar-refractivity contribution < 1.29 is 17.0 Å². The van der Waals surface area contributed by atoms with Crippen LogP contribution in [0.1, 0.15) is 0 Å². The van der Waals surface area contributed by atoms with Crippen LogP contribution in [0.25, 0.3) is 0 Å². The summed E-state index contributed by atoms with van der Waals surface area (Å²) in [5.74, 6) is 3.30. The minimum atomic E-state index is -1.78. The summed E-state index contributed by atoms with van der Waals surface area (Å²) in [6, 6.07) is 33.0. The zero-order valence-corrected chi connectivity index (χ0v) is 20.8. The molecule has 0 saturated carbocycles. The number of benzene rings is 3. The van der Waals surface area contributed by atoms with Gasteiger partial charge in [0.1, 0.15) is 31.2 Å². The Hall–Kier alpha value is -1.91. The zero-order valence-electron chi connectivity index (χ0n) is 17.3. The second-order valence-electron chi connectivity index (χ2n) is 7.92. The van der Waals surface area contributed by atoms with Crippen molar-refractivity contribution in [3.05, 3.63) is 103 Å². The fourth-order valence-electron chi connectivity index (χ4n) is 3.34. The molecule has 0 aliphatic rings. The van der Waals surface area contributed by atoms with Crippen LogP contribution in [0.4, 0.5) is 0 Å². The lowest BCUT2D eigenvalue weighted by Gasteiger charge is -2.26. The first-order chi connectivity index (χ1) is 13.5. The van der Waals surface area contributed by atoms with E-state index in [0.29, 0.717) is 0 Å². The van der Waals surface area contributed by atoms with E-state index in [1.165, 1.54) is 15.9 Å². The molecule has 0 aliphatic heterocycles. The summed E-state index contributed by atoms with van der Waals surface area (Å²) in [5, 5.41) is 4.24. The SMILES string of the molecule is C[Si](C)(C)C#CC=CC[P+](c1ccccc1)(c1ccccc1)c1ccccc1.[Br-]. The van der Waals surface area contributed by atoms with Gasteiger partial charge in [-0.05, 0) is 48.6 Å². The van der Waals surface area contributed by atoms with Crippen molar-refractivity contribution >= 4 is 31.2 Å². The van der Waals surface area contributed by atoms with Gasteiger partial charge in [0, 0.05) is 0 Å². The monoisotopic (exact) mass is 478 g/mol. The van der Waals surface area contributed by atoms with Gasteiger partial charge in [0.25, 0.3) is 0 Å². The maximum Gasteiger partial charge on any atom is 0.129 e. The Balaban J connectivity index is 0.00000300. The average Bonchev–Trinajstić information content (AvgIpc) is 2.72. The first-order valence-electron chi connectivity index (χ1n) is 9.75. The molecule has 0 bridgehead atoms. The number of hydrogen-bond donors (Lipinski definition) is 0. The quantitative estimate of drug-likeness (QED) is 0.300. The van der Waals surface area contributed by atoms with Crippen LogP contribution in [0.2, 0.25) is 19.6 Å². The molecule has 0 spiro atoms. The summed E-state index contributed by atoms with van der Waals surface area (Å²) in [5.41, 5.74) is 3.44. The topological polar surface area (TPSA) is 0 Å². The van der Waals surface area contributed by atoms with E-state index < -0.39 is 15.3 Å². The molecule has 0 atom stereocenters. The normalized spacial score (nSPS) is 11.4. The standard InChI is InChI=1S/C26H28PSi.BrH/c1-28(2,3)23-15-7-14-22-27(24-16-8-4-9-17-24,25-18-10-5-11-19-25)26-20-12-6-13-21-26;/h4-14,16-21H,22H2,1-3H3;1H/q+1;/p-1. The Kier molecular flexibility index (Phi) is 8.66. The molecule has 0 amide bonds. The molecule has 0 saturated heterocycles. The highest BCUT2D eigenvalue weighted by Gasteiger charge is 2.43. The summed E-state index contributed by atoms with van der Waals surface area (Å²) < 4.78 is 0. The van der Waals surface area contributed by atoms with Crippen LogP contribution in [0.5, 0.6) is 0 Å². The van der Waals surface area contributed by atoms with Crippen LogP contribution in [0.15, 0.2) is 103 Å². The van der Waals surface area contributed by atoms with E-state index in [0.717, 1.165) is 6.16 Å². The van der Waals surface area contributed by atoms with E-state index in [-0.39, 0.29) is 17.0 Å². The highest BCUT2D eigenvalue weighted by atomic mass is 79.9. The van der Waals surface area contributed by atoms with Gasteiger partial charge in [0.2, 0.25) is 0 Å². The van der Waals surface area contributed by atoms with Crippen LogP contribution in [-0.4, -0.2) is 14.2 Å². The Morgan fingerprint density at radius 2 is 1.07 bits per heavy atom. The fraction of sp³-hybridized carbons (Fsp3) is 0.154. The predicted octanol–water partition coefficient (Wildman–Crippen LogP) is 2.42. The van der Waals surface area contributed by atoms with Crippen LogP contribution in [0.3, 0.4) is 0 Å². The summed E-state index contributed by atoms with van der Waals surface area (Å²) in [7, 11) is -3.13. The van der Waals surface area contributed by atoms with Gasteiger partial charge in [-0.1, -0.05) is 80.2 Å². The maximum absolute atomic E-state index is 3.44. The third-order valence-corrected chi connectivity index (χ3v) is 9.81. The first-order valence-corrected chi connectivity index (χ1v) is 15.2. The molecule has 29 heavy (non-hydrogen) atoms. The molecule has 0 nitrogen and oxygen atoms in total. The number of halogens is 1. The smallest absolute Gasteiger partial charge is 0.129 e. The van der Waals surface area contributed by atoms with E-state index in [9.17, 15) is 0 Å². The van der Waals surface area contributed by atoms with Crippen molar-refractivity contribution in [2.24, 2.45) is 0 Å². The van der Waals surface area contributed by atoms with Crippen molar-refractivity contribution in [1.82, 2.24) is 0 Å². The van der Waals surface area contributed by atoms with E-state index in [2.05, 4.69) is 134 Å². The molecule has 3 rings (SSSR count). The first kappa shape index (κ1) is 23.4. The summed E-state index contributed by atoms with van der Waals surface area (Å²) in [6.45, 7) is 6.84. The highest BCUT2D eigenvalue weighted by molar-refractivity contribution is 7.95. The molecule has 3 aromatic carbocycles. The molecule has 0 aromatic heterocycles. The Bertz CT molecular complexity index is 869. The lowest BCUT2D eigenvalue weighted by Crippen LogP contribution is -3.00. The van der Waals surface area contributed by atoms with Gasteiger partial charge < -0.3 is 17.0 Å². The van der Waals surface area contributed by atoms with Gasteiger partial charge in [0.05, 0.1) is 6.16 Å². The molecule has 0 unspecified atom stereocenters. The van der Waals surface area contributed by atoms with Gasteiger partial charge in [-0.15, -0.1) is 5.54 Å². The highest BCUT2D eigenvalue weighted by Crippen LogP contribution is 2.55. The molecule has 3 aromatic rings. The predicted molar refractivity (Wildman–Crippen MR) is 130 cm³/mol. The van der Waals surface area contributed by atoms with E-state index in [1.807, 2.05) is 0 Å². The largest absolute Gasteiger partial charge is 1.00 e. The van der Waals surface area contributed by atoms with Gasteiger partial charge in [-0.25, -0.2) is 0 Å². The van der Waals surface area contributed by atoms with E-state index >= 15 is 0 Å². The number of hydrogen-bond acceptors (Lipinski definition) is 0. The van der Waals surface area contributed by atoms with E-state index in [1.54, 1.807) is 0 Å². The van der Waals surface area contributed by atoms with Crippen LogP contribution < -0.4 is 32.9 Å². The van der Waals surface area contributed by atoms with Crippen molar-refractivity contribution in [3.8, 4) is 11.5 Å². The summed E-state index contributed by atoms with van der Waals surface area (Å²) in [4.78, 5) is 0. The second kappa shape index (κ2) is 10.7. The van der Waals surface area contributed by atoms with Gasteiger partial charge >= 0.3 is 0 Å². The van der Waals surface area contributed by atoms with Gasteiger partial charge in [-0.3, -0.25) is 0 Å². The molecule has 0 radical (unpaired) electrons. The second-order valence-corrected chi connectivity index (χ2v) is 16.2. The van der Waals surface area contributed by atoms with Crippen molar-refractivity contribution in [3.63, 3.8) is 0 Å². The van der Waals surface area contributed by atoms with E-state index in [4.69, 9.17) is 0 Å². The zero-order chi connectivity index (χ0) is 19.9. The Labute approximate surface area is 188 Å². The van der Waals surface area contributed by atoms with Crippen molar-refractivity contribution in [2.45, 2.75) is 19.6 Å². The average molecular weight is 479 g/mol. The lowest BCUT2D eigenvalue weighted by molar-refractivity contribution is -0.00000573. The molecule has 0 heterocycles. The van der Waals surface area contributed by atoms with Gasteiger partial charge in [-0.2, -0.15) is 0 Å². The van der Waals surface area contributed by atoms with Crippen molar-refractivity contribution in [1.29, 1.82) is 0 Å².